The number of halogens is 1. The lowest BCUT2D eigenvalue weighted by atomic mass is 9.95. The van der Waals surface area contributed by atoms with Crippen molar-refractivity contribution in [2.75, 3.05) is 47.4 Å². The monoisotopic (exact) mass is 648 g/mol. The van der Waals surface area contributed by atoms with Gasteiger partial charge in [-0.2, -0.15) is 14.0 Å². The second-order valence-corrected chi connectivity index (χ2v) is 20.5. The van der Waals surface area contributed by atoms with E-state index >= 15 is 0 Å². The van der Waals surface area contributed by atoms with E-state index in [0.29, 0.717) is 48.0 Å². The zero-order valence-corrected chi connectivity index (χ0v) is 28.8. The zero-order chi connectivity index (χ0) is 32.2. The molecule has 1 saturated heterocycles. The van der Waals surface area contributed by atoms with E-state index < -0.39 is 23.9 Å². The fraction of sp³-hybridized carbons (Fsp3) is 0.567. The van der Waals surface area contributed by atoms with E-state index in [2.05, 4.69) is 39.6 Å². The maximum atomic E-state index is 15.0. The van der Waals surface area contributed by atoms with Gasteiger partial charge in [-0.05, 0) is 62.2 Å². The van der Waals surface area contributed by atoms with Crippen LogP contribution in [0.5, 0.6) is 17.6 Å². The van der Waals surface area contributed by atoms with Crippen molar-refractivity contribution in [1.82, 2.24) is 29.0 Å². The lowest BCUT2D eigenvalue weighted by Gasteiger charge is -2.19. The van der Waals surface area contributed by atoms with Crippen LogP contribution < -0.4 is 9.47 Å². The molecule has 0 radical (unpaired) electrons. The lowest BCUT2D eigenvalue weighted by molar-refractivity contribution is 0.0723. The van der Waals surface area contributed by atoms with E-state index in [-0.39, 0.29) is 29.7 Å². The van der Waals surface area contributed by atoms with Gasteiger partial charge >= 0.3 is 6.01 Å². The van der Waals surface area contributed by atoms with Gasteiger partial charge in [-0.15, -0.1) is 5.10 Å². The number of hydrogen-bond donors (Lipinski definition) is 0. The first-order chi connectivity index (χ1) is 20.7. The first-order valence-corrected chi connectivity index (χ1v) is 20.0. The topological polar surface area (TPSA) is 112 Å². The molecule has 1 fully saturated rings. The second kappa shape index (κ2) is 14.0. The normalized spacial score (nSPS) is 16.3. The average Bonchev–Trinajstić information content (AvgIpc) is 3.59. The number of ether oxygens (including phenoxy) is 3. The highest BCUT2D eigenvalue weighted by Crippen LogP contribution is 2.41. The summed E-state index contributed by atoms with van der Waals surface area (Å²) in [5.74, 6) is 0.340. The van der Waals surface area contributed by atoms with Crippen molar-refractivity contribution in [3.05, 3.63) is 41.8 Å². The molecule has 0 spiro atoms. The number of aromatic nitrogens is 4. The highest BCUT2D eigenvalue weighted by atomic mass is 32.2. The van der Waals surface area contributed by atoms with E-state index in [0.717, 1.165) is 19.0 Å². The predicted molar refractivity (Wildman–Crippen MR) is 170 cm³/mol. The highest BCUT2D eigenvalue weighted by Gasteiger charge is 2.36. The molecule has 44 heavy (non-hydrogen) atoms. The molecule has 4 rings (SSSR count). The summed E-state index contributed by atoms with van der Waals surface area (Å²) in [6.45, 7) is 12.6. The molecule has 0 bridgehead atoms. The van der Waals surface area contributed by atoms with E-state index in [4.69, 9.17) is 14.2 Å². The molecule has 3 heterocycles. The standard InChI is InChI=1S/C30H45FN6O5SSi/c1-21(2)25-16-24(31)17-26(23-9-11-32-27(15-23)40-5)28(25)42-30-33-29(34-37(30)20-41-13-14-44(6,7)8)43(38,39)36-12-10-22(19-36)18-35(3)4/h9,11,15-17,21-22H,10,12-14,18-20H2,1-8H3. The molecule has 1 atom stereocenters. The summed E-state index contributed by atoms with van der Waals surface area (Å²) in [4.78, 5) is 10.6. The first kappa shape index (κ1) is 34.0. The summed E-state index contributed by atoms with van der Waals surface area (Å²) < 4.78 is 62.9. The summed E-state index contributed by atoms with van der Waals surface area (Å²) in [5, 5.41) is 4.03. The van der Waals surface area contributed by atoms with Crippen LogP contribution >= 0.6 is 0 Å². The smallest absolute Gasteiger partial charge is 0.323 e. The molecule has 1 aliphatic rings. The number of benzene rings is 1. The summed E-state index contributed by atoms with van der Waals surface area (Å²) in [7, 11) is 0.0863. The Kier molecular flexibility index (Phi) is 10.8. The Bertz CT molecular complexity index is 1540. The van der Waals surface area contributed by atoms with Gasteiger partial charge in [0.25, 0.3) is 15.2 Å². The van der Waals surface area contributed by atoms with E-state index in [9.17, 15) is 12.8 Å². The van der Waals surface area contributed by atoms with E-state index in [1.54, 1.807) is 18.3 Å². The van der Waals surface area contributed by atoms with Gasteiger partial charge in [0.2, 0.25) is 5.88 Å². The Morgan fingerprint density at radius 3 is 2.59 bits per heavy atom. The van der Waals surface area contributed by atoms with Crippen LogP contribution in [-0.4, -0.2) is 92.9 Å². The number of sulfonamides is 1. The summed E-state index contributed by atoms with van der Waals surface area (Å²) in [6, 6.07) is 7.06. The maximum absolute atomic E-state index is 15.0. The Morgan fingerprint density at radius 2 is 1.93 bits per heavy atom. The molecule has 0 saturated carbocycles. The molecule has 14 heteroatoms. The minimum Gasteiger partial charge on any atom is -0.481 e. The largest absolute Gasteiger partial charge is 0.481 e. The van der Waals surface area contributed by atoms with Gasteiger partial charge in [-0.25, -0.2) is 17.8 Å². The van der Waals surface area contributed by atoms with Crippen LogP contribution in [0.25, 0.3) is 11.1 Å². The van der Waals surface area contributed by atoms with Crippen molar-refractivity contribution in [1.29, 1.82) is 0 Å². The summed E-state index contributed by atoms with van der Waals surface area (Å²) in [5.41, 5.74) is 1.64. The number of nitrogens with zero attached hydrogens (tertiary/aromatic N) is 6. The van der Waals surface area contributed by atoms with Crippen LogP contribution in [-0.2, 0) is 21.5 Å². The molecule has 0 aliphatic carbocycles. The lowest BCUT2D eigenvalue weighted by Crippen LogP contribution is -2.31. The molecule has 11 nitrogen and oxygen atoms in total. The van der Waals surface area contributed by atoms with E-state index in [1.165, 1.54) is 28.2 Å². The number of rotatable bonds is 14. The van der Waals surface area contributed by atoms with Crippen molar-refractivity contribution >= 4 is 18.1 Å². The fourth-order valence-electron chi connectivity index (χ4n) is 5.05. The molecule has 0 N–H and O–H groups in total. The van der Waals surface area contributed by atoms with Gasteiger partial charge in [0.1, 0.15) is 18.3 Å². The third-order valence-electron chi connectivity index (χ3n) is 7.42. The Morgan fingerprint density at radius 1 is 1.18 bits per heavy atom. The van der Waals surface area contributed by atoms with Gasteiger partial charge in [0, 0.05) is 57.7 Å². The van der Waals surface area contributed by atoms with Crippen LogP contribution in [0.1, 0.15) is 31.7 Å². The Labute approximate surface area is 261 Å². The van der Waals surface area contributed by atoms with Crippen molar-refractivity contribution in [2.45, 2.75) is 63.8 Å². The van der Waals surface area contributed by atoms with Crippen LogP contribution in [0.4, 0.5) is 4.39 Å². The van der Waals surface area contributed by atoms with Crippen LogP contribution in [0, 0.1) is 11.7 Å². The van der Waals surface area contributed by atoms with Crippen molar-refractivity contribution in [3.8, 4) is 28.8 Å². The maximum Gasteiger partial charge on any atom is 0.323 e. The minimum absolute atomic E-state index is 0.0534. The van der Waals surface area contributed by atoms with Crippen LogP contribution in [0.15, 0.2) is 35.6 Å². The number of methoxy groups -OCH3 is 1. The third kappa shape index (κ3) is 8.41. The predicted octanol–water partition coefficient (Wildman–Crippen LogP) is 5.29. The quantitative estimate of drug-likeness (QED) is 0.170. The molecule has 2 aromatic heterocycles. The van der Waals surface area contributed by atoms with Gasteiger partial charge in [-0.3, -0.25) is 0 Å². The fourth-order valence-corrected chi connectivity index (χ4v) is 7.19. The van der Waals surface area contributed by atoms with Crippen LogP contribution in [0.3, 0.4) is 0 Å². The van der Waals surface area contributed by atoms with Gasteiger partial charge < -0.3 is 19.1 Å². The molecule has 1 aromatic carbocycles. The molecule has 1 aliphatic heterocycles. The molecule has 3 aromatic rings. The molecular formula is C30H45FN6O5SSi. The SMILES string of the molecule is COc1cc(-c2cc(F)cc(C(C)C)c2Oc2nc(S(=O)(=O)N3CCC(CN(C)C)C3)nn2COCC[Si](C)(C)C)ccn1. The Balaban J connectivity index is 1.75. The highest BCUT2D eigenvalue weighted by molar-refractivity contribution is 7.89. The number of hydrogen-bond acceptors (Lipinski definition) is 9. The summed E-state index contributed by atoms with van der Waals surface area (Å²) in [6.07, 6.45) is 2.32. The van der Waals surface area contributed by atoms with Crippen LogP contribution in [0.2, 0.25) is 25.7 Å². The first-order valence-electron chi connectivity index (χ1n) is 14.9. The van der Waals surface area contributed by atoms with Gasteiger partial charge in [0.05, 0.1) is 7.11 Å². The van der Waals surface area contributed by atoms with Crippen molar-refractivity contribution in [2.24, 2.45) is 5.92 Å². The number of pyridine rings is 1. The molecule has 1 unspecified atom stereocenters. The van der Waals surface area contributed by atoms with Crippen molar-refractivity contribution in [3.63, 3.8) is 0 Å². The van der Waals surface area contributed by atoms with Crippen molar-refractivity contribution < 1.29 is 27.0 Å². The van der Waals surface area contributed by atoms with Gasteiger partial charge in [0.15, 0.2) is 0 Å². The minimum atomic E-state index is -4.00. The zero-order valence-electron chi connectivity index (χ0n) is 27.0. The van der Waals surface area contributed by atoms with E-state index in [1.807, 2.05) is 27.9 Å². The molecule has 0 amide bonds. The second-order valence-electron chi connectivity index (χ2n) is 13.0. The van der Waals surface area contributed by atoms with Gasteiger partial charge in [-0.1, -0.05) is 33.5 Å². The average molecular weight is 649 g/mol. The molecule has 242 valence electrons. The Hall–Kier alpha value is -2.91. The molecular weight excluding hydrogens is 604 g/mol. The summed E-state index contributed by atoms with van der Waals surface area (Å²) >= 11 is 0. The third-order valence-corrected chi connectivity index (χ3v) is 10.8.